The van der Waals surface area contributed by atoms with Gasteiger partial charge in [-0.2, -0.15) is 0 Å². The Hall–Kier alpha value is -0.990. The fourth-order valence-corrected chi connectivity index (χ4v) is 3.49. The molecule has 0 bridgehead atoms. The highest BCUT2D eigenvalue weighted by atomic mass is 79.9. The summed E-state index contributed by atoms with van der Waals surface area (Å²) in [7, 11) is 0. The summed E-state index contributed by atoms with van der Waals surface area (Å²) in [6, 6.07) is 6.01. The zero-order chi connectivity index (χ0) is 16.2. The molecule has 130 valence electrons. The molecule has 0 spiro atoms. The zero-order valence-electron chi connectivity index (χ0n) is 13.2. The molecule has 1 aromatic heterocycles. The van der Waals surface area contributed by atoms with Crippen LogP contribution in [0.1, 0.15) is 16.0 Å². The molecule has 1 aliphatic heterocycles. The molecule has 2 heterocycles. The second-order valence-electron chi connectivity index (χ2n) is 5.46. The van der Waals surface area contributed by atoms with Crippen LogP contribution in [-0.2, 0) is 16.0 Å². The van der Waals surface area contributed by atoms with E-state index in [9.17, 15) is 4.79 Å². The third kappa shape index (κ3) is 5.00. The lowest BCUT2D eigenvalue weighted by molar-refractivity contribution is -0.120. The summed E-state index contributed by atoms with van der Waals surface area (Å²) < 4.78 is 6.41. The number of carbonyl (C=O) groups is 1. The number of amides is 1. The third-order valence-electron chi connectivity index (χ3n) is 3.62. The molecule has 8 heteroatoms. The smallest absolute Gasteiger partial charge is 0.245 e. The number of thiazole rings is 1. The Labute approximate surface area is 159 Å². The van der Waals surface area contributed by atoms with E-state index in [2.05, 4.69) is 56.7 Å². The lowest BCUT2D eigenvalue weighted by atomic mass is 10.1. The summed E-state index contributed by atoms with van der Waals surface area (Å²) in [4.78, 5) is 17.5. The second-order valence-corrected chi connectivity index (χ2v) is 7.43. The molecule has 1 saturated heterocycles. The first-order valence-electron chi connectivity index (χ1n) is 7.43. The molecule has 0 radical (unpaired) electrons. The summed E-state index contributed by atoms with van der Waals surface area (Å²) in [5, 5.41) is 6.62. The van der Waals surface area contributed by atoms with Crippen molar-refractivity contribution in [1.29, 1.82) is 0 Å². The van der Waals surface area contributed by atoms with Crippen LogP contribution < -0.4 is 10.6 Å². The first-order valence-corrected chi connectivity index (χ1v) is 9.04. The molecule has 1 fully saturated rings. The number of morpholine rings is 1. The molecule has 5 nitrogen and oxygen atoms in total. The summed E-state index contributed by atoms with van der Waals surface area (Å²) in [6.45, 7) is 3.83. The molecule has 1 atom stereocenters. The quantitative estimate of drug-likeness (QED) is 0.779. The Balaban J connectivity index is 0.00000208. The number of aryl methyl sites for hydroxylation is 1. The van der Waals surface area contributed by atoms with Crippen LogP contribution in [0.2, 0.25) is 0 Å². The number of rotatable bonds is 4. The highest BCUT2D eigenvalue weighted by Crippen LogP contribution is 2.24. The Morgan fingerprint density at radius 3 is 3.08 bits per heavy atom. The van der Waals surface area contributed by atoms with E-state index in [1.54, 1.807) is 0 Å². The number of ether oxygens (including phenoxy) is 1. The Bertz CT molecular complexity index is 704. The van der Waals surface area contributed by atoms with E-state index < -0.39 is 0 Å². The van der Waals surface area contributed by atoms with Crippen LogP contribution in [0.5, 0.6) is 0 Å². The van der Waals surface area contributed by atoms with Crippen molar-refractivity contribution in [3.05, 3.63) is 44.9 Å². The highest BCUT2D eigenvalue weighted by Gasteiger charge is 2.21. The van der Waals surface area contributed by atoms with Gasteiger partial charge in [-0.15, -0.1) is 23.7 Å². The minimum atomic E-state index is -0.301. The standard InChI is InChI=1S/C16H18BrN3O2S.ClH/c1-10-6-11(2-3-13(10)17)7-12-8-19-16(23-12)20-15(21)14-9-22-5-4-18-14;/h2-3,6,8,14,18H,4-5,7,9H2,1H3,(H,19,20,21);1H. The van der Waals surface area contributed by atoms with E-state index in [1.165, 1.54) is 22.5 Å². The number of nitrogens with one attached hydrogen (secondary N) is 2. The molecule has 3 rings (SSSR count). The number of nitrogens with zero attached hydrogens (tertiary/aromatic N) is 1. The van der Waals surface area contributed by atoms with Crippen molar-refractivity contribution in [3.8, 4) is 0 Å². The number of anilines is 1. The topological polar surface area (TPSA) is 63.2 Å². The van der Waals surface area contributed by atoms with Gasteiger partial charge in [0, 0.05) is 28.5 Å². The van der Waals surface area contributed by atoms with Gasteiger partial charge in [0.1, 0.15) is 6.04 Å². The van der Waals surface area contributed by atoms with E-state index in [0.29, 0.717) is 24.9 Å². The fraction of sp³-hybridized carbons (Fsp3) is 0.375. The lowest BCUT2D eigenvalue weighted by Crippen LogP contribution is -2.48. The SMILES string of the molecule is Cc1cc(Cc2cnc(NC(=O)C3COCCN3)s2)ccc1Br.Cl. The van der Waals surface area contributed by atoms with Crippen molar-refractivity contribution >= 4 is 50.7 Å². The normalized spacial score (nSPS) is 17.2. The average molecular weight is 433 g/mol. The van der Waals surface area contributed by atoms with Crippen LogP contribution in [-0.4, -0.2) is 36.7 Å². The maximum atomic E-state index is 12.1. The predicted molar refractivity (Wildman–Crippen MR) is 102 cm³/mol. The minimum absolute atomic E-state index is 0. The van der Waals surface area contributed by atoms with E-state index in [4.69, 9.17) is 4.74 Å². The maximum Gasteiger partial charge on any atom is 0.245 e. The van der Waals surface area contributed by atoms with E-state index in [-0.39, 0.29) is 24.4 Å². The maximum absolute atomic E-state index is 12.1. The number of carbonyl (C=O) groups excluding carboxylic acids is 1. The molecule has 0 saturated carbocycles. The van der Waals surface area contributed by atoms with Crippen LogP contribution in [0.3, 0.4) is 0 Å². The molecule has 2 aromatic rings. The molecule has 1 aromatic carbocycles. The second kappa shape index (κ2) is 8.92. The first kappa shape index (κ1) is 19.3. The van der Waals surface area contributed by atoms with Gasteiger partial charge in [0.05, 0.1) is 13.2 Å². The fourth-order valence-electron chi connectivity index (χ4n) is 2.39. The van der Waals surface area contributed by atoms with Gasteiger partial charge in [0.15, 0.2) is 5.13 Å². The minimum Gasteiger partial charge on any atom is -0.378 e. The van der Waals surface area contributed by atoms with Crippen molar-refractivity contribution in [2.45, 2.75) is 19.4 Å². The van der Waals surface area contributed by atoms with Crippen LogP contribution in [0.25, 0.3) is 0 Å². The third-order valence-corrected chi connectivity index (χ3v) is 5.43. The van der Waals surface area contributed by atoms with Crippen LogP contribution in [0, 0.1) is 6.92 Å². The van der Waals surface area contributed by atoms with Crippen LogP contribution in [0.15, 0.2) is 28.9 Å². The van der Waals surface area contributed by atoms with Crippen molar-refractivity contribution < 1.29 is 9.53 Å². The Morgan fingerprint density at radius 1 is 1.54 bits per heavy atom. The van der Waals surface area contributed by atoms with Gasteiger partial charge in [0.25, 0.3) is 0 Å². The van der Waals surface area contributed by atoms with Gasteiger partial charge in [0.2, 0.25) is 5.91 Å². The first-order chi connectivity index (χ1) is 11.1. The molecular formula is C16H19BrClN3O2S. The largest absolute Gasteiger partial charge is 0.378 e. The van der Waals surface area contributed by atoms with E-state index >= 15 is 0 Å². The predicted octanol–water partition coefficient (Wildman–Crippen LogP) is 3.15. The van der Waals surface area contributed by atoms with Crippen LogP contribution >= 0.6 is 39.7 Å². The number of aromatic nitrogens is 1. The van der Waals surface area contributed by atoms with Crippen LogP contribution in [0.4, 0.5) is 5.13 Å². The molecule has 1 unspecified atom stereocenters. The van der Waals surface area contributed by atoms with Gasteiger partial charge in [-0.1, -0.05) is 28.1 Å². The molecule has 2 N–H and O–H groups in total. The molecule has 1 aliphatic rings. The zero-order valence-corrected chi connectivity index (χ0v) is 16.4. The summed E-state index contributed by atoms with van der Waals surface area (Å²) >= 11 is 5.02. The summed E-state index contributed by atoms with van der Waals surface area (Å²) in [5.41, 5.74) is 2.44. The van der Waals surface area contributed by atoms with Gasteiger partial charge in [-0.25, -0.2) is 4.98 Å². The summed E-state index contributed by atoms with van der Waals surface area (Å²) in [6.07, 6.45) is 2.63. The number of hydrogen-bond acceptors (Lipinski definition) is 5. The number of hydrogen-bond donors (Lipinski definition) is 2. The molecular weight excluding hydrogens is 414 g/mol. The van der Waals surface area contributed by atoms with Crippen molar-refractivity contribution in [2.24, 2.45) is 0 Å². The number of benzene rings is 1. The van der Waals surface area contributed by atoms with Crippen molar-refractivity contribution in [1.82, 2.24) is 10.3 Å². The van der Waals surface area contributed by atoms with Gasteiger partial charge < -0.3 is 15.4 Å². The Morgan fingerprint density at radius 2 is 2.38 bits per heavy atom. The average Bonchev–Trinajstić information content (AvgIpc) is 2.99. The van der Waals surface area contributed by atoms with E-state index in [0.717, 1.165) is 15.8 Å². The molecule has 1 amide bonds. The molecule has 24 heavy (non-hydrogen) atoms. The van der Waals surface area contributed by atoms with Gasteiger partial charge >= 0.3 is 0 Å². The highest BCUT2D eigenvalue weighted by molar-refractivity contribution is 9.10. The van der Waals surface area contributed by atoms with Crippen molar-refractivity contribution in [2.75, 3.05) is 25.1 Å². The summed E-state index contributed by atoms with van der Waals surface area (Å²) in [5.74, 6) is -0.0925. The number of halogens is 2. The van der Waals surface area contributed by atoms with Crippen molar-refractivity contribution in [3.63, 3.8) is 0 Å². The lowest BCUT2D eigenvalue weighted by Gasteiger charge is -2.22. The Kier molecular flexibility index (Phi) is 7.18. The van der Waals surface area contributed by atoms with Gasteiger partial charge in [-0.3, -0.25) is 4.79 Å². The monoisotopic (exact) mass is 431 g/mol. The van der Waals surface area contributed by atoms with Gasteiger partial charge in [-0.05, 0) is 24.1 Å². The van der Waals surface area contributed by atoms with E-state index in [1.807, 2.05) is 6.20 Å². The molecule has 0 aliphatic carbocycles.